The Hall–Kier alpha value is -2.12. The average Bonchev–Trinajstić information content (AvgIpc) is 2.85. The second-order valence-electron chi connectivity index (χ2n) is 6.68. The maximum Gasteiger partial charge on any atom is 0.416 e. The summed E-state index contributed by atoms with van der Waals surface area (Å²) in [5, 5.41) is 0. The molecule has 2 aromatic carbocycles. The zero-order valence-corrected chi connectivity index (χ0v) is 17.4. The molecule has 0 saturated carbocycles. The first kappa shape index (κ1) is 23.2. The van der Waals surface area contributed by atoms with E-state index in [4.69, 9.17) is 14.2 Å². The summed E-state index contributed by atoms with van der Waals surface area (Å²) in [4.78, 5) is 2.26. The molecule has 3 rings (SSSR count). The number of hydrogen-bond acceptors (Lipinski definition) is 4. The maximum atomic E-state index is 12.8. The summed E-state index contributed by atoms with van der Waals surface area (Å²) in [5.41, 5.74) is 1.36. The number of halogens is 4. The van der Waals surface area contributed by atoms with E-state index in [1.807, 2.05) is 12.1 Å². The second-order valence-corrected chi connectivity index (χ2v) is 6.68. The Morgan fingerprint density at radius 2 is 1.66 bits per heavy atom. The molecule has 1 aliphatic heterocycles. The summed E-state index contributed by atoms with van der Waals surface area (Å²) >= 11 is 0. The van der Waals surface area contributed by atoms with Crippen molar-refractivity contribution >= 4 is 12.4 Å². The van der Waals surface area contributed by atoms with Gasteiger partial charge in [-0.2, -0.15) is 13.2 Å². The van der Waals surface area contributed by atoms with Crippen molar-refractivity contribution in [2.45, 2.75) is 25.6 Å². The third kappa shape index (κ3) is 5.28. The molecule has 1 heterocycles. The largest absolute Gasteiger partial charge is 0.493 e. The van der Waals surface area contributed by atoms with E-state index >= 15 is 0 Å². The van der Waals surface area contributed by atoms with Gasteiger partial charge in [0.25, 0.3) is 0 Å². The first-order chi connectivity index (χ1) is 13.4. The molecule has 0 fully saturated rings. The van der Waals surface area contributed by atoms with Crippen molar-refractivity contribution in [1.82, 2.24) is 4.90 Å². The summed E-state index contributed by atoms with van der Waals surface area (Å²) in [6, 6.07) is 8.67. The fourth-order valence-corrected chi connectivity index (χ4v) is 3.43. The van der Waals surface area contributed by atoms with Gasteiger partial charge in [-0.25, -0.2) is 0 Å². The number of benzene rings is 2. The van der Waals surface area contributed by atoms with E-state index in [0.29, 0.717) is 23.8 Å². The van der Waals surface area contributed by atoms with E-state index in [0.717, 1.165) is 42.8 Å². The normalized spacial score (nSPS) is 17.0. The van der Waals surface area contributed by atoms with Crippen LogP contribution < -0.4 is 14.2 Å². The lowest BCUT2D eigenvalue weighted by atomic mass is 10.00. The van der Waals surface area contributed by atoms with Crippen molar-refractivity contribution in [3.05, 3.63) is 53.1 Å². The first-order valence-electron chi connectivity index (χ1n) is 9.16. The summed E-state index contributed by atoms with van der Waals surface area (Å²) in [7, 11) is 3.17. The molecule has 0 radical (unpaired) electrons. The number of nitrogens with zero attached hydrogens (tertiary/aromatic N) is 1. The number of alkyl halides is 3. The molecule has 1 aliphatic rings. The SMILES string of the molecule is CCN1CCc2cc(OC)c(OC)cc2C(Oc2ccc(C(F)(F)F)cc2)C1.Cl. The van der Waals surface area contributed by atoms with Gasteiger partial charge in [-0.1, -0.05) is 6.92 Å². The van der Waals surface area contributed by atoms with Crippen LogP contribution in [0.4, 0.5) is 13.2 Å². The monoisotopic (exact) mass is 431 g/mol. The summed E-state index contributed by atoms with van der Waals surface area (Å²) in [6.45, 7) is 4.44. The minimum absolute atomic E-state index is 0. The van der Waals surface area contributed by atoms with Crippen LogP contribution in [0.5, 0.6) is 17.2 Å². The summed E-state index contributed by atoms with van der Waals surface area (Å²) in [5.74, 6) is 1.66. The molecule has 0 amide bonds. The zero-order valence-electron chi connectivity index (χ0n) is 16.6. The minimum Gasteiger partial charge on any atom is -0.493 e. The highest BCUT2D eigenvalue weighted by molar-refractivity contribution is 5.85. The highest BCUT2D eigenvalue weighted by atomic mass is 35.5. The Bertz CT molecular complexity index is 812. The Balaban J connectivity index is 0.00000300. The van der Waals surface area contributed by atoms with Crippen LogP contribution in [-0.2, 0) is 12.6 Å². The molecule has 2 aromatic rings. The lowest BCUT2D eigenvalue weighted by molar-refractivity contribution is -0.137. The quantitative estimate of drug-likeness (QED) is 0.655. The van der Waals surface area contributed by atoms with Crippen LogP contribution >= 0.6 is 12.4 Å². The topological polar surface area (TPSA) is 30.9 Å². The zero-order chi connectivity index (χ0) is 20.3. The minimum atomic E-state index is -4.36. The van der Waals surface area contributed by atoms with Crippen LogP contribution in [0.15, 0.2) is 36.4 Å². The van der Waals surface area contributed by atoms with Crippen LogP contribution in [0.3, 0.4) is 0 Å². The van der Waals surface area contributed by atoms with E-state index in [9.17, 15) is 13.2 Å². The Kier molecular flexibility index (Phi) is 7.66. The lowest BCUT2D eigenvalue weighted by Crippen LogP contribution is -2.30. The van der Waals surface area contributed by atoms with Crippen molar-refractivity contribution in [2.24, 2.45) is 0 Å². The summed E-state index contributed by atoms with van der Waals surface area (Å²) < 4.78 is 55.4. The number of fused-ring (bicyclic) bond motifs is 1. The lowest BCUT2D eigenvalue weighted by Gasteiger charge is -2.25. The smallest absolute Gasteiger partial charge is 0.416 e. The van der Waals surface area contributed by atoms with E-state index < -0.39 is 11.7 Å². The van der Waals surface area contributed by atoms with E-state index in [1.54, 1.807) is 14.2 Å². The number of rotatable bonds is 5. The highest BCUT2D eigenvalue weighted by Crippen LogP contribution is 2.37. The van der Waals surface area contributed by atoms with Gasteiger partial charge in [0.05, 0.1) is 19.8 Å². The molecule has 0 N–H and O–H groups in total. The Labute approximate surface area is 175 Å². The van der Waals surface area contributed by atoms with Crippen LogP contribution in [-0.4, -0.2) is 38.8 Å². The third-order valence-corrected chi connectivity index (χ3v) is 5.02. The van der Waals surface area contributed by atoms with Crippen molar-refractivity contribution in [3.8, 4) is 17.2 Å². The van der Waals surface area contributed by atoms with Gasteiger partial charge >= 0.3 is 6.18 Å². The fraction of sp³-hybridized carbons (Fsp3) is 0.429. The van der Waals surface area contributed by atoms with Crippen molar-refractivity contribution in [1.29, 1.82) is 0 Å². The van der Waals surface area contributed by atoms with Gasteiger partial charge in [0.2, 0.25) is 0 Å². The Morgan fingerprint density at radius 1 is 1.03 bits per heavy atom. The number of methoxy groups -OCH3 is 2. The first-order valence-corrected chi connectivity index (χ1v) is 9.16. The highest BCUT2D eigenvalue weighted by Gasteiger charge is 2.31. The molecule has 29 heavy (non-hydrogen) atoms. The number of ether oxygens (including phenoxy) is 3. The molecule has 0 aliphatic carbocycles. The third-order valence-electron chi connectivity index (χ3n) is 5.02. The maximum absolute atomic E-state index is 12.8. The molecule has 4 nitrogen and oxygen atoms in total. The molecule has 0 aromatic heterocycles. The number of likely N-dealkylation sites (N-methyl/N-ethyl adjacent to an activating group) is 1. The van der Waals surface area contributed by atoms with Crippen LogP contribution in [0, 0.1) is 0 Å². The molecule has 1 atom stereocenters. The average molecular weight is 432 g/mol. The van der Waals surface area contributed by atoms with Gasteiger partial charge in [0.15, 0.2) is 11.5 Å². The van der Waals surface area contributed by atoms with Gasteiger partial charge in [-0.05, 0) is 54.9 Å². The molecule has 1 unspecified atom stereocenters. The van der Waals surface area contributed by atoms with Crippen LogP contribution in [0.25, 0.3) is 0 Å². The van der Waals surface area contributed by atoms with Crippen LogP contribution in [0.2, 0.25) is 0 Å². The van der Waals surface area contributed by atoms with Gasteiger partial charge in [0.1, 0.15) is 11.9 Å². The molecule has 160 valence electrons. The van der Waals surface area contributed by atoms with Gasteiger partial charge in [-0.15, -0.1) is 12.4 Å². The van der Waals surface area contributed by atoms with Gasteiger partial charge in [0, 0.05) is 18.7 Å². The standard InChI is InChI=1S/C21H24F3NO3.ClH/c1-4-25-10-9-14-11-18(26-2)19(27-3)12-17(14)20(13-25)28-16-7-5-15(6-8-16)21(22,23)24;/h5-8,11-12,20H,4,9-10,13H2,1-3H3;1H. The molecule has 0 spiro atoms. The molecule has 0 saturated heterocycles. The second kappa shape index (κ2) is 9.59. The van der Waals surface area contributed by atoms with E-state index in [2.05, 4.69) is 11.8 Å². The van der Waals surface area contributed by atoms with Crippen molar-refractivity contribution in [2.75, 3.05) is 33.9 Å². The predicted octanol–water partition coefficient (Wildman–Crippen LogP) is 5.14. The predicted molar refractivity (Wildman–Crippen MR) is 107 cm³/mol. The van der Waals surface area contributed by atoms with E-state index in [-0.39, 0.29) is 18.5 Å². The van der Waals surface area contributed by atoms with Gasteiger partial charge in [-0.3, -0.25) is 4.90 Å². The Morgan fingerprint density at radius 3 is 2.21 bits per heavy atom. The summed E-state index contributed by atoms with van der Waals surface area (Å²) in [6.07, 6.45) is -3.86. The molecule has 8 heteroatoms. The molecular weight excluding hydrogens is 407 g/mol. The van der Waals surface area contributed by atoms with Crippen molar-refractivity contribution in [3.63, 3.8) is 0 Å². The van der Waals surface area contributed by atoms with Crippen LogP contribution in [0.1, 0.15) is 29.7 Å². The molecule has 0 bridgehead atoms. The van der Waals surface area contributed by atoms with E-state index in [1.165, 1.54) is 12.1 Å². The molecular formula is C21H25ClF3NO3. The van der Waals surface area contributed by atoms with Gasteiger partial charge < -0.3 is 14.2 Å². The fourth-order valence-electron chi connectivity index (χ4n) is 3.43. The van der Waals surface area contributed by atoms with Crippen molar-refractivity contribution < 1.29 is 27.4 Å². The number of hydrogen-bond donors (Lipinski definition) is 0.